The Morgan fingerprint density at radius 2 is 1.87 bits per heavy atom. The molecule has 23 heavy (non-hydrogen) atoms. The van der Waals surface area contributed by atoms with Gasteiger partial charge in [-0.3, -0.25) is 14.9 Å². The highest BCUT2D eigenvalue weighted by molar-refractivity contribution is 5.91. The van der Waals surface area contributed by atoms with E-state index in [0.29, 0.717) is 6.54 Å². The van der Waals surface area contributed by atoms with Gasteiger partial charge in [-0.25, -0.2) is 0 Å². The Morgan fingerprint density at radius 1 is 1.17 bits per heavy atom. The minimum absolute atomic E-state index is 0.0645. The van der Waals surface area contributed by atoms with E-state index in [1.807, 2.05) is 24.3 Å². The molecule has 1 aromatic carbocycles. The molecule has 1 aromatic heterocycles. The molecule has 1 aliphatic heterocycles. The molecule has 0 unspecified atom stereocenters. The monoisotopic (exact) mass is 315 g/mol. The van der Waals surface area contributed by atoms with Crippen LogP contribution in [-0.4, -0.2) is 23.9 Å². The molecule has 0 atom stereocenters. The van der Waals surface area contributed by atoms with E-state index in [4.69, 9.17) is 4.42 Å². The molecular formula is C16H17N3O4. The lowest BCUT2D eigenvalue weighted by Crippen LogP contribution is -2.22. The van der Waals surface area contributed by atoms with Gasteiger partial charge in [0.25, 0.3) is 5.91 Å². The van der Waals surface area contributed by atoms with Crippen LogP contribution in [0.15, 0.2) is 40.8 Å². The Morgan fingerprint density at radius 3 is 2.48 bits per heavy atom. The van der Waals surface area contributed by atoms with E-state index >= 15 is 0 Å². The van der Waals surface area contributed by atoms with Gasteiger partial charge in [0.15, 0.2) is 5.76 Å². The Kier molecular flexibility index (Phi) is 4.27. The van der Waals surface area contributed by atoms with Gasteiger partial charge < -0.3 is 14.6 Å². The van der Waals surface area contributed by atoms with Crippen molar-refractivity contribution in [3.8, 4) is 0 Å². The van der Waals surface area contributed by atoms with Crippen LogP contribution in [0.5, 0.6) is 0 Å². The maximum atomic E-state index is 11.9. The summed E-state index contributed by atoms with van der Waals surface area (Å²) in [7, 11) is 0. The molecule has 3 rings (SSSR count). The SMILES string of the molecule is O=C(NCc1ccc(N2CCCC2)cc1)c1ccc([N+](=O)[O-])o1. The molecule has 1 aliphatic rings. The summed E-state index contributed by atoms with van der Waals surface area (Å²) in [5, 5.41) is 13.2. The van der Waals surface area contributed by atoms with Gasteiger partial charge in [-0.2, -0.15) is 0 Å². The van der Waals surface area contributed by atoms with Crippen LogP contribution in [0.2, 0.25) is 0 Å². The average Bonchev–Trinajstić information content (AvgIpc) is 3.24. The highest BCUT2D eigenvalue weighted by Gasteiger charge is 2.17. The first kappa shape index (κ1) is 15.1. The minimum Gasteiger partial charge on any atom is -0.395 e. The number of anilines is 1. The van der Waals surface area contributed by atoms with Gasteiger partial charge in [0, 0.05) is 25.3 Å². The molecule has 120 valence electrons. The van der Waals surface area contributed by atoms with Crippen molar-refractivity contribution in [2.45, 2.75) is 19.4 Å². The Balaban J connectivity index is 1.56. The Hall–Kier alpha value is -2.83. The second-order valence-corrected chi connectivity index (χ2v) is 5.44. The second kappa shape index (κ2) is 6.51. The number of nitrogens with one attached hydrogen (secondary N) is 1. The Labute approximate surface area is 133 Å². The van der Waals surface area contributed by atoms with E-state index in [2.05, 4.69) is 10.2 Å². The molecule has 0 bridgehead atoms. The molecule has 7 heteroatoms. The van der Waals surface area contributed by atoms with Crippen LogP contribution in [0.25, 0.3) is 0 Å². The quantitative estimate of drug-likeness (QED) is 0.677. The highest BCUT2D eigenvalue weighted by atomic mass is 16.6. The molecular weight excluding hydrogens is 298 g/mol. The molecule has 0 saturated carbocycles. The van der Waals surface area contributed by atoms with E-state index in [1.165, 1.54) is 30.7 Å². The molecule has 1 N–H and O–H groups in total. The van der Waals surface area contributed by atoms with Crippen molar-refractivity contribution in [1.82, 2.24) is 5.32 Å². The first-order valence-corrected chi connectivity index (χ1v) is 7.50. The third-order valence-electron chi connectivity index (χ3n) is 3.86. The van der Waals surface area contributed by atoms with Gasteiger partial charge in [-0.1, -0.05) is 12.1 Å². The molecule has 2 aromatic rings. The molecule has 0 aliphatic carbocycles. The van der Waals surface area contributed by atoms with Crippen LogP contribution < -0.4 is 10.2 Å². The number of rotatable bonds is 5. The smallest absolute Gasteiger partial charge is 0.395 e. The highest BCUT2D eigenvalue weighted by Crippen LogP contribution is 2.20. The van der Waals surface area contributed by atoms with E-state index in [9.17, 15) is 14.9 Å². The first-order chi connectivity index (χ1) is 11.1. The number of amides is 1. The summed E-state index contributed by atoms with van der Waals surface area (Å²) < 4.78 is 4.86. The zero-order valence-corrected chi connectivity index (χ0v) is 12.5. The minimum atomic E-state index is -0.673. The van der Waals surface area contributed by atoms with Crippen LogP contribution in [0.3, 0.4) is 0 Å². The number of hydrogen-bond donors (Lipinski definition) is 1. The van der Waals surface area contributed by atoms with Crippen molar-refractivity contribution in [2.75, 3.05) is 18.0 Å². The van der Waals surface area contributed by atoms with Crippen LogP contribution in [0, 0.1) is 10.1 Å². The molecule has 2 heterocycles. The van der Waals surface area contributed by atoms with E-state index in [-0.39, 0.29) is 5.76 Å². The fraction of sp³-hybridized carbons (Fsp3) is 0.312. The topological polar surface area (TPSA) is 88.6 Å². The standard InChI is InChI=1S/C16H17N3O4/c20-16(14-7-8-15(23-14)19(21)22)17-11-12-3-5-13(6-4-12)18-9-1-2-10-18/h3-8H,1-2,9-11H2,(H,17,20). The normalized spacial score (nSPS) is 14.0. The van der Waals surface area contributed by atoms with Gasteiger partial charge in [0.1, 0.15) is 4.92 Å². The number of carbonyl (C=O) groups is 1. The summed E-state index contributed by atoms with van der Waals surface area (Å²) in [5.41, 5.74) is 2.15. The van der Waals surface area contributed by atoms with Crippen LogP contribution >= 0.6 is 0 Å². The largest absolute Gasteiger partial charge is 0.433 e. The summed E-state index contributed by atoms with van der Waals surface area (Å²) in [4.78, 5) is 24.1. The van der Waals surface area contributed by atoms with Gasteiger partial charge in [0.05, 0.1) is 6.07 Å². The van der Waals surface area contributed by atoms with Gasteiger partial charge >= 0.3 is 5.88 Å². The van der Waals surface area contributed by atoms with E-state index < -0.39 is 16.7 Å². The zero-order chi connectivity index (χ0) is 16.2. The molecule has 7 nitrogen and oxygen atoms in total. The fourth-order valence-electron chi connectivity index (χ4n) is 2.62. The molecule has 1 saturated heterocycles. The maximum absolute atomic E-state index is 11.9. The molecule has 0 radical (unpaired) electrons. The second-order valence-electron chi connectivity index (χ2n) is 5.44. The summed E-state index contributed by atoms with van der Waals surface area (Å²) in [6.45, 7) is 2.52. The molecule has 1 fully saturated rings. The number of hydrogen-bond acceptors (Lipinski definition) is 5. The number of benzene rings is 1. The van der Waals surface area contributed by atoms with E-state index in [0.717, 1.165) is 18.7 Å². The van der Waals surface area contributed by atoms with Crippen LogP contribution in [0.1, 0.15) is 29.0 Å². The van der Waals surface area contributed by atoms with Gasteiger partial charge in [0.2, 0.25) is 0 Å². The summed E-state index contributed by atoms with van der Waals surface area (Å²) in [5.74, 6) is -0.975. The summed E-state index contributed by atoms with van der Waals surface area (Å²) >= 11 is 0. The lowest BCUT2D eigenvalue weighted by atomic mass is 10.2. The fourth-order valence-corrected chi connectivity index (χ4v) is 2.62. The van der Waals surface area contributed by atoms with E-state index in [1.54, 1.807) is 0 Å². The number of nitrogens with zero attached hydrogens (tertiary/aromatic N) is 2. The van der Waals surface area contributed by atoms with Crippen LogP contribution in [-0.2, 0) is 6.54 Å². The van der Waals surface area contributed by atoms with Crippen molar-refractivity contribution >= 4 is 17.5 Å². The van der Waals surface area contributed by atoms with Crippen molar-refractivity contribution in [3.63, 3.8) is 0 Å². The predicted molar refractivity (Wildman–Crippen MR) is 84.4 cm³/mol. The van der Waals surface area contributed by atoms with Crippen LogP contribution in [0.4, 0.5) is 11.6 Å². The average molecular weight is 315 g/mol. The lowest BCUT2D eigenvalue weighted by Gasteiger charge is -2.17. The number of carbonyl (C=O) groups excluding carboxylic acids is 1. The predicted octanol–water partition coefficient (Wildman–Crippen LogP) is 2.72. The first-order valence-electron chi connectivity index (χ1n) is 7.50. The number of furan rings is 1. The van der Waals surface area contributed by atoms with Gasteiger partial charge in [-0.05, 0) is 36.6 Å². The summed E-state index contributed by atoms with van der Waals surface area (Å²) in [6.07, 6.45) is 2.46. The third-order valence-corrected chi connectivity index (χ3v) is 3.86. The Bertz CT molecular complexity index is 702. The zero-order valence-electron chi connectivity index (χ0n) is 12.5. The number of nitro groups is 1. The molecule has 1 amide bonds. The lowest BCUT2D eigenvalue weighted by molar-refractivity contribution is -0.402. The van der Waals surface area contributed by atoms with Gasteiger partial charge in [-0.15, -0.1) is 0 Å². The maximum Gasteiger partial charge on any atom is 0.433 e. The van der Waals surface area contributed by atoms with Crippen molar-refractivity contribution in [1.29, 1.82) is 0 Å². The van der Waals surface area contributed by atoms with Crippen molar-refractivity contribution in [3.05, 3.63) is 57.8 Å². The van der Waals surface area contributed by atoms with Crippen molar-refractivity contribution < 1.29 is 14.1 Å². The van der Waals surface area contributed by atoms with Crippen molar-refractivity contribution in [2.24, 2.45) is 0 Å². The molecule has 0 spiro atoms. The summed E-state index contributed by atoms with van der Waals surface area (Å²) in [6, 6.07) is 10.5. The third kappa shape index (κ3) is 3.50.